The number of aliphatic imine (C=N–C) groups is 1. The number of aliphatic hydroxyl groups is 1. The van der Waals surface area contributed by atoms with Crippen LogP contribution in [0.4, 0.5) is 11.5 Å². The van der Waals surface area contributed by atoms with E-state index in [1.165, 1.54) is 11.9 Å². The largest absolute Gasteiger partial charge is 0.463 e. The number of amides is 1. The first-order valence-corrected chi connectivity index (χ1v) is 13.2. The predicted octanol–water partition coefficient (Wildman–Crippen LogP) is 4.39. The number of carbonyl (C=O) groups is 1. The van der Waals surface area contributed by atoms with Gasteiger partial charge in [-0.15, -0.1) is 0 Å². The number of aliphatic hydroxyl groups excluding tert-OH is 1. The third kappa shape index (κ3) is 4.96. The average molecular weight is 492 g/mol. The summed E-state index contributed by atoms with van der Waals surface area (Å²) in [5.41, 5.74) is 9.06. The average Bonchev–Trinajstić information content (AvgIpc) is 3.36. The number of nitrogens with zero attached hydrogens (tertiary/aromatic N) is 4. The van der Waals surface area contributed by atoms with E-state index in [0.29, 0.717) is 35.6 Å². The molecule has 192 valence electrons. The number of aromatic nitrogens is 2. The van der Waals surface area contributed by atoms with Gasteiger partial charge in [0.25, 0.3) is 0 Å². The highest BCUT2D eigenvalue weighted by Crippen LogP contribution is 2.40. The zero-order chi connectivity index (χ0) is 25.3. The number of fused-ring (bicyclic) bond motifs is 1. The van der Waals surface area contributed by atoms with Crippen LogP contribution in [0.15, 0.2) is 35.6 Å². The van der Waals surface area contributed by atoms with Gasteiger partial charge >= 0.3 is 0 Å². The molecule has 2 aliphatic heterocycles. The first-order valence-electron chi connectivity index (χ1n) is 13.2. The number of benzene rings is 1. The van der Waals surface area contributed by atoms with Gasteiger partial charge in [-0.1, -0.05) is 24.3 Å². The highest BCUT2D eigenvalue weighted by molar-refractivity contribution is 6.09. The Labute approximate surface area is 213 Å². The van der Waals surface area contributed by atoms with Crippen LogP contribution < -0.4 is 10.5 Å². The molecule has 1 aromatic heterocycles. The van der Waals surface area contributed by atoms with Crippen molar-refractivity contribution in [3.05, 3.63) is 41.7 Å². The minimum Gasteiger partial charge on any atom is -0.463 e. The fraction of sp³-hybridized carbons (Fsp3) is 0.571. The molecule has 1 saturated carbocycles. The van der Waals surface area contributed by atoms with Crippen LogP contribution in [-0.4, -0.2) is 56.4 Å². The number of ether oxygens (including phenoxy) is 1. The summed E-state index contributed by atoms with van der Waals surface area (Å²) in [7, 11) is 0. The van der Waals surface area contributed by atoms with Gasteiger partial charge in [-0.2, -0.15) is 4.98 Å². The Bertz CT molecular complexity index is 1120. The van der Waals surface area contributed by atoms with E-state index >= 15 is 0 Å². The Kier molecular flexibility index (Phi) is 6.97. The van der Waals surface area contributed by atoms with Crippen LogP contribution in [0.1, 0.15) is 82.3 Å². The fourth-order valence-electron chi connectivity index (χ4n) is 6.03. The standard InChI is InChI=1S/C28H37N5O3/c1-28(2)25(32-24-26(29)30-17-31-27(24)36-28)21-12-10-20(11-13-21)19-8-5-18(6-9-19)7-14-23(35)33-15-3-4-22(33)16-34/h10-13,17-19,22,34H,3-9,14-16H2,1-2H3,(H2,29,30,31)/t18?,19?,22-/m0/s1. The quantitative estimate of drug-likeness (QED) is 0.620. The number of hydrogen-bond acceptors (Lipinski definition) is 7. The van der Waals surface area contributed by atoms with Crippen molar-refractivity contribution in [1.82, 2.24) is 14.9 Å². The van der Waals surface area contributed by atoms with E-state index in [1.807, 2.05) is 18.7 Å². The molecule has 8 heteroatoms. The number of anilines is 1. The smallest absolute Gasteiger partial charge is 0.246 e. The Balaban J connectivity index is 1.18. The highest BCUT2D eigenvalue weighted by atomic mass is 16.5. The second-order valence-corrected chi connectivity index (χ2v) is 10.9. The summed E-state index contributed by atoms with van der Waals surface area (Å²) in [5.74, 6) is 2.11. The first kappa shape index (κ1) is 24.7. The summed E-state index contributed by atoms with van der Waals surface area (Å²) < 4.78 is 6.11. The van der Waals surface area contributed by atoms with E-state index in [4.69, 9.17) is 15.5 Å². The summed E-state index contributed by atoms with van der Waals surface area (Å²) in [6, 6.07) is 8.72. The molecule has 36 heavy (non-hydrogen) atoms. The molecule has 0 radical (unpaired) electrons. The predicted molar refractivity (Wildman–Crippen MR) is 140 cm³/mol. The minimum absolute atomic E-state index is 0.0355. The van der Waals surface area contributed by atoms with Crippen molar-refractivity contribution in [3.8, 4) is 5.88 Å². The molecular weight excluding hydrogens is 454 g/mol. The van der Waals surface area contributed by atoms with Crippen molar-refractivity contribution in [1.29, 1.82) is 0 Å². The third-order valence-corrected chi connectivity index (χ3v) is 8.14. The van der Waals surface area contributed by atoms with Gasteiger partial charge in [-0.3, -0.25) is 4.79 Å². The first-order chi connectivity index (χ1) is 17.4. The van der Waals surface area contributed by atoms with Crippen LogP contribution >= 0.6 is 0 Å². The van der Waals surface area contributed by atoms with E-state index in [9.17, 15) is 9.90 Å². The zero-order valence-corrected chi connectivity index (χ0v) is 21.3. The van der Waals surface area contributed by atoms with Crippen molar-refractivity contribution in [2.45, 2.75) is 82.8 Å². The third-order valence-electron chi connectivity index (χ3n) is 8.14. The topological polar surface area (TPSA) is 114 Å². The van der Waals surface area contributed by atoms with Crippen LogP contribution in [0.25, 0.3) is 0 Å². The molecular formula is C28H37N5O3. The lowest BCUT2D eigenvalue weighted by atomic mass is 9.77. The van der Waals surface area contributed by atoms with E-state index < -0.39 is 5.60 Å². The molecule has 2 fully saturated rings. The van der Waals surface area contributed by atoms with Crippen molar-refractivity contribution in [2.75, 3.05) is 18.9 Å². The Morgan fingerprint density at radius 3 is 2.61 bits per heavy atom. The van der Waals surface area contributed by atoms with Crippen molar-refractivity contribution < 1.29 is 14.6 Å². The van der Waals surface area contributed by atoms with Gasteiger partial charge in [0.15, 0.2) is 11.5 Å². The summed E-state index contributed by atoms with van der Waals surface area (Å²) >= 11 is 0. The molecule has 2 aromatic rings. The second-order valence-electron chi connectivity index (χ2n) is 10.9. The number of hydrogen-bond donors (Lipinski definition) is 2. The van der Waals surface area contributed by atoms with Crippen LogP contribution in [0.2, 0.25) is 0 Å². The van der Waals surface area contributed by atoms with Gasteiger partial charge < -0.3 is 20.5 Å². The van der Waals surface area contributed by atoms with E-state index in [0.717, 1.165) is 62.8 Å². The molecule has 0 bridgehead atoms. The summed E-state index contributed by atoms with van der Waals surface area (Å²) in [5, 5.41) is 9.49. The summed E-state index contributed by atoms with van der Waals surface area (Å²) in [6.45, 7) is 4.86. The van der Waals surface area contributed by atoms with Crippen molar-refractivity contribution in [2.24, 2.45) is 10.9 Å². The number of carbonyl (C=O) groups excluding carboxylic acids is 1. The van der Waals surface area contributed by atoms with Crippen LogP contribution in [0, 0.1) is 5.92 Å². The fourth-order valence-corrected chi connectivity index (χ4v) is 6.03. The van der Waals surface area contributed by atoms with Crippen LogP contribution in [0.5, 0.6) is 5.88 Å². The Morgan fingerprint density at radius 1 is 1.14 bits per heavy atom. The van der Waals surface area contributed by atoms with Crippen molar-refractivity contribution >= 4 is 23.1 Å². The maximum Gasteiger partial charge on any atom is 0.246 e. The van der Waals surface area contributed by atoms with Gasteiger partial charge in [0.2, 0.25) is 11.8 Å². The molecule has 1 saturated heterocycles. The van der Waals surface area contributed by atoms with E-state index in [1.54, 1.807) is 0 Å². The number of nitrogens with two attached hydrogens (primary N) is 1. The molecule has 8 nitrogen and oxygen atoms in total. The van der Waals surface area contributed by atoms with Gasteiger partial charge in [0.05, 0.1) is 18.4 Å². The molecule has 5 rings (SSSR count). The molecule has 1 aromatic carbocycles. The van der Waals surface area contributed by atoms with Gasteiger partial charge in [0.1, 0.15) is 11.9 Å². The summed E-state index contributed by atoms with van der Waals surface area (Å²) in [6.07, 6.45) is 9.53. The van der Waals surface area contributed by atoms with Gasteiger partial charge in [-0.25, -0.2) is 9.98 Å². The maximum atomic E-state index is 12.6. The monoisotopic (exact) mass is 491 g/mol. The molecule has 0 spiro atoms. The molecule has 1 atom stereocenters. The maximum absolute atomic E-state index is 12.6. The normalized spacial score (nSPS) is 25.1. The highest BCUT2D eigenvalue weighted by Gasteiger charge is 2.35. The summed E-state index contributed by atoms with van der Waals surface area (Å²) in [4.78, 5) is 27.5. The second kappa shape index (κ2) is 10.2. The van der Waals surface area contributed by atoms with Gasteiger partial charge in [0, 0.05) is 18.5 Å². The van der Waals surface area contributed by atoms with E-state index in [-0.39, 0.29) is 18.6 Å². The number of likely N-dealkylation sites (tertiary alicyclic amines) is 1. The number of rotatable bonds is 6. The molecule has 3 aliphatic rings. The minimum atomic E-state index is -0.628. The van der Waals surface area contributed by atoms with Gasteiger partial charge in [-0.05, 0) is 76.2 Å². The molecule has 1 aliphatic carbocycles. The van der Waals surface area contributed by atoms with Crippen molar-refractivity contribution in [3.63, 3.8) is 0 Å². The van der Waals surface area contributed by atoms with Crippen LogP contribution in [0.3, 0.4) is 0 Å². The number of nitrogen functional groups attached to an aromatic ring is 1. The SMILES string of the molecule is CC1(C)Oc2ncnc(N)c2N=C1c1ccc(C2CCC(CCC(=O)N3CCC[C@H]3CO)CC2)cc1. The lowest BCUT2D eigenvalue weighted by molar-refractivity contribution is -0.133. The molecule has 1 amide bonds. The lowest BCUT2D eigenvalue weighted by Crippen LogP contribution is -2.41. The molecule has 3 heterocycles. The lowest BCUT2D eigenvalue weighted by Gasteiger charge is -2.32. The van der Waals surface area contributed by atoms with Crippen LogP contribution in [-0.2, 0) is 4.79 Å². The zero-order valence-electron chi connectivity index (χ0n) is 21.3. The Hall–Kier alpha value is -3.00. The molecule has 0 unspecified atom stereocenters. The Morgan fingerprint density at radius 2 is 1.89 bits per heavy atom. The molecule has 3 N–H and O–H groups in total. The van der Waals surface area contributed by atoms with E-state index in [2.05, 4.69) is 34.2 Å².